The lowest BCUT2D eigenvalue weighted by atomic mass is 9.95. The lowest BCUT2D eigenvalue weighted by Crippen LogP contribution is -2.59. The second-order valence-electron chi connectivity index (χ2n) is 9.93. The first-order valence-corrected chi connectivity index (χ1v) is 13.0. The number of alkyl halides is 2. The molecule has 0 radical (unpaired) electrons. The van der Waals surface area contributed by atoms with Crippen LogP contribution in [0, 0.1) is 12.4 Å². The Kier molecular flexibility index (Phi) is 7.54. The molecule has 0 bridgehead atoms. The Hall–Kier alpha value is -4.30. The van der Waals surface area contributed by atoms with Gasteiger partial charge < -0.3 is 9.74 Å². The first-order valence-electron chi connectivity index (χ1n) is 13.0. The highest BCUT2D eigenvalue weighted by Gasteiger charge is 2.38. The van der Waals surface area contributed by atoms with Gasteiger partial charge in [-0.15, -0.1) is 4.98 Å². The Morgan fingerprint density at radius 1 is 1.02 bits per heavy atom. The zero-order chi connectivity index (χ0) is 28.6. The highest BCUT2D eigenvalue weighted by molar-refractivity contribution is 5.87. The van der Waals surface area contributed by atoms with E-state index < -0.39 is 24.0 Å². The van der Waals surface area contributed by atoms with Crippen molar-refractivity contribution in [1.29, 1.82) is 0 Å². The van der Waals surface area contributed by atoms with Crippen molar-refractivity contribution in [2.24, 2.45) is 7.05 Å². The molecule has 0 N–H and O–H groups in total. The van der Waals surface area contributed by atoms with Gasteiger partial charge in [-0.1, -0.05) is 31.7 Å². The average Bonchev–Trinajstić information content (AvgIpc) is 2.96. The topological polar surface area (TPSA) is 71.5 Å². The third-order valence-electron chi connectivity index (χ3n) is 7.48. The van der Waals surface area contributed by atoms with E-state index >= 15 is 0 Å². The molecule has 1 aromatic carbocycles. The summed E-state index contributed by atoms with van der Waals surface area (Å²) in [5, 5.41) is 0. The van der Waals surface area contributed by atoms with E-state index in [2.05, 4.69) is 24.7 Å². The molecular weight excluding hydrogens is 519 g/mol. The van der Waals surface area contributed by atoms with Crippen molar-refractivity contribution in [3.63, 3.8) is 0 Å². The van der Waals surface area contributed by atoms with Crippen molar-refractivity contribution in [3.8, 4) is 0 Å². The molecule has 1 aliphatic rings. The molecule has 206 valence electrons. The lowest BCUT2D eigenvalue weighted by Gasteiger charge is -2.48. The van der Waals surface area contributed by atoms with Crippen LogP contribution in [0.4, 0.5) is 24.8 Å². The maximum absolute atomic E-state index is 13.9. The van der Waals surface area contributed by atoms with Crippen LogP contribution in [0.5, 0.6) is 0 Å². The number of fused-ring (bicyclic) bond motifs is 1. The van der Waals surface area contributed by atoms with Crippen LogP contribution in [-0.2, 0) is 7.05 Å². The number of aromatic nitrogens is 4. The fraction of sp³-hybridized carbons (Fsp3) is 0.345. The summed E-state index contributed by atoms with van der Waals surface area (Å²) in [4.78, 5) is 33.6. The molecule has 40 heavy (non-hydrogen) atoms. The van der Waals surface area contributed by atoms with Crippen LogP contribution < -0.4 is 10.6 Å². The lowest BCUT2D eigenvalue weighted by molar-refractivity contribution is 0.112. The highest BCUT2D eigenvalue weighted by Crippen LogP contribution is 2.36. The van der Waals surface area contributed by atoms with E-state index in [1.54, 1.807) is 43.4 Å². The number of hydrogen-bond donors (Lipinski definition) is 0. The van der Waals surface area contributed by atoms with Crippen LogP contribution in [0.3, 0.4) is 0 Å². The van der Waals surface area contributed by atoms with Crippen LogP contribution in [0.15, 0.2) is 59.4 Å². The molecule has 3 atom stereocenters. The van der Waals surface area contributed by atoms with Gasteiger partial charge in [-0.3, -0.25) is 9.47 Å². The van der Waals surface area contributed by atoms with Crippen molar-refractivity contribution >= 4 is 22.7 Å². The number of rotatable bonds is 6. The second kappa shape index (κ2) is 11.1. The molecule has 1 aliphatic heterocycles. The van der Waals surface area contributed by atoms with E-state index in [0.29, 0.717) is 42.1 Å². The van der Waals surface area contributed by atoms with E-state index in [-0.39, 0.29) is 23.6 Å². The first kappa shape index (κ1) is 27.3. The van der Waals surface area contributed by atoms with Crippen molar-refractivity contribution in [1.82, 2.24) is 24.4 Å². The maximum atomic E-state index is 13.9. The van der Waals surface area contributed by atoms with Gasteiger partial charge in [0.05, 0.1) is 17.3 Å². The molecule has 4 heterocycles. The van der Waals surface area contributed by atoms with E-state index in [1.807, 2.05) is 18.7 Å². The third-order valence-corrected chi connectivity index (χ3v) is 7.48. The largest absolute Gasteiger partial charge is 0.361 e. The van der Waals surface area contributed by atoms with Crippen LogP contribution in [0.2, 0.25) is 0 Å². The zero-order valence-electron chi connectivity index (χ0n) is 22.3. The monoisotopic (exact) mass is 547 g/mol. The molecule has 0 saturated carbocycles. The van der Waals surface area contributed by atoms with Gasteiger partial charge in [-0.2, -0.15) is 4.98 Å². The van der Waals surface area contributed by atoms with Crippen LogP contribution in [0.1, 0.15) is 49.7 Å². The van der Waals surface area contributed by atoms with Gasteiger partial charge in [0.2, 0.25) is 5.52 Å². The fourth-order valence-corrected chi connectivity index (χ4v) is 5.42. The predicted molar refractivity (Wildman–Crippen MR) is 146 cm³/mol. The number of hydrogen-bond acceptors (Lipinski definition) is 6. The number of piperazine rings is 1. The van der Waals surface area contributed by atoms with Crippen LogP contribution in [-0.4, -0.2) is 49.6 Å². The number of halogens is 3. The number of anilines is 1. The predicted octanol–water partition coefficient (Wildman–Crippen LogP) is 5.43. The Labute approximate surface area is 229 Å². The maximum Gasteiger partial charge on any atom is 0.350 e. The average molecular weight is 548 g/mol. The summed E-state index contributed by atoms with van der Waals surface area (Å²) in [5.74, 6) is 0.219. The molecule has 0 spiro atoms. The molecule has 4 aromatic rings. The summed E-state index contributed by atoms with van der Waals surface area (Å²) >= 11 is 0. The van der Waals surface area contributed by atoms with E-state index in [1.165, 1.54) is 22.8 Å². The number of aryl methyl sites for hydroxylation is 1. The second-order valence-corrected chi connectivity index (χ2v) is 9.93. The minimum absolute atomic E-state index is 0.104. The van der Waals surface area contributed by atoms with Crippen molar-refractivity contribution in [3.05, 3.63) is 99.3 Å². The van der Waals surface area contributed by atoms with Gasteiger partial charge in [-0.05, 0) is 55.3 Å². The molecule has 0 amide bonds. The van der Waals surface area contributed by atoms with Crippen molar-refractivity contribution < 1.29 is 13.2 Å². The molecule has 5 rings (SSSR count). The molecule has 1 unspecified atom stereocenters. The van der Waals surface area contributed by atoms with Crippen molar-refractivity contribution in [2.75, 3.05) is 18.0 Å². The normalized spacial score (nSPS) is 18.7. The first-order chi connectivity index (χ1) is 19.2. The SMILES string of the molecule is [C-]#[N+]c1ccc2c(n1)c(N1C[C@@H](CC)N(C(c3ccc(F)cc3)c3cccc(C(F)F)n3)C[C@@H]1C)nc(=O)n2C. The molecule has 1 saturated heterocycles. The number of pyridine rings is 2. The van der Waals surface area contributed by atoms with Gasteiger partial charge in [0.25, 0.3) is 12.2 Å². The molecule has 8 nitrogen and oxygen atoms in total. The summed E-state index contributed by atoms with van der Waals surface area (Å²) in [5.41, 5.74) is 1.47. The summed E-state index contributed by atoms with van der Waals surface area (Å²) in [6.07, 6.45) is -2.03. The molecular formula is C29H28F3N7O. The van der Waals surface area contributed by atoms with Gasteiger partial charge in [0, 0.05) is 32.2 Å². The smallest absolute Gasteiger partial charge is 0.350 e. The van der Waals surface area contributed by atoms with Gasteiger partial charge in [0.15, 0.2) is 5.82 Å². The van der Waals surface area contributed by atoms with E-state index in [4.69, 9.17) is 6.57 Å². The fourth-order valence-electron chi connectivity index (χ4n) is 5.42. The Bertz CT molecular complexity index is 1630. The molecule has 11 heteroatoms. The third kappa shape index (κ3) is 5.02. The molecule has 1 fully saturated rings. The van der Waals surface area contributed by atoms with Gasteiger partial charge in [-0.25, -0.2) is 22.9 Å². The quantitative estimate of drug-likeness (QED) is 0.300. The Balaban J connectivity index is 1.59. The van der Waals surface area contributed by atoms with E-state index in [9.17, 15) is 18.0 Å². The van der Waals surface area contributed by atoms with Crippen LogP contribution >= 0.6 is 0 Å². The highest BCUT2D eigenvalue weighted by atomic mass is 19.3. The zero-order valence-corrected chi connectivity index (χ0v) is 22.3. The Morgan fingerprint density at radius 3 is 2.42 bits per heavy atom. The minimum Gasteiger partial charge on any atom is -0.361 e. The summed E-state index contributed by atoms with van der Waals surface area (Å²) in [6, 6.07) is 13.1. The van der Waals surface area contributed by atoms with Crippen LogP contribution in [0.25, 0.3) is 15.9 Å². The molecule has 3 aromatic heterocycles. The number of nitrogens with zero attached hydrogens (tertiary/aromatic N) is 7. The summed E-state index contributed by atoms with van der Waals surface area (Å²) in [6.45, 7) is 12.4. The van der Waals surface area contributed by atoms with E-state index in [0.717, 1.165) is 5.56 Å². The van der Waals surface area contributed by atoms with Gasteiger partial charge >= 0.3 is 5.69 Å². The van der Waals surface area contributed by atoms with Gasteiger partial charge in [0.1, 0.15) is 11.5 Å². The molecule has 0 aliphatic carbocycles. The summed E-state index contributed by atoms with van der Waals surface area (Å²) < 4.78 is 42.5. The van der Waals surface area contributed by atoms with Crippen molar-refractivity contribution in [2.45, 2.75) is 44.8 Å². The standard InChI is InChI=1S/C29H28F3N7O/c1-5-20-16-38(28-25-23(37(4)29(40)36-28)13-14-24(33-3)35-25)17(2)15-39(20)26(18-9-11-19(30)12-10-18)21-7-6-8-22(34-21)27(31)32/h6-14,17,20,26-27H,5,15-16H2,1-2,4H3/t17-,20+,26?/m0/s1. The number of benzene rings is 1. The Morgan fingerprint density at radius 2 is 1.75 bits per heavy atom. The minimum atomic E-state index is -2.72. The summed E-state index contributed by atoms with van der Waals surface area (Å²) in [7, 11) is 1.62.